The van der Waals surface area contributed by atoms with Gasteiger partial charge < -0.3 is 10.2 Å². The van der Waals surface area contributed by atoms with Gasteiger partial charge in [0.2, 0.25) is 5.91 Å². The van der Waals surface area contributed by atoms with Gasteiger partial charge in [-0.05, 0) is 19.2 Å². The standard InChI is InChI=1S/C13H18N2O/c1-13(2)9-15(12(16)11(13)14-3)10-7-5-4-6-8-10/h4-8,11,14H,9H2,1-3H3/t11-/m1/s1. The number of nitrogens with zero attached hydrogens (tertiary/aromatic N) is 1. The zero-order valence-corrected chi connectivity index (χ0v) is 10.0. The Morgan fingerprint density at radius 2 is 1.94 bits per heavy atom. The molecule has 1 saturated heterocycles. The molecule has 1 aromatic carbocycles. The SMILES string of the molecule is CN[C@@H]1C(=O)N(c2ccccc2)CC1(C)C. The fraction of sp³-hybridized carbons (Fsp3) is 0.462. The third kappa shape index (κ3) is 1.71. The maximum absolute atomic E-state index is 12.2. The first-order chi connectivity index (χ1) is 7.56. The number of hydrogen-bond donors (Lipinski definition) is 1. The molecule has 0 aliphatic carbocycles. The minimum atomic E-state index is -0.0901. The average Bonchev–Trinajstić information content (AvgIpc) is 2.50. The van der Waals surface area contributed by atoms with Gasteiger partial charge in [-0.25, -0.2) is 0 Å². The summed E-state index contributed by atoms with van der Waals surface area (Å²) in [5, 5.41) is 3.11. The van der Waals surface area contributed by atoms with E-state index in [0.717, 1.165) is 12.2 Å². The van der Waals surface area contributed by atoms with Crippen LogP contribution in [-0.4, -0.2) is 25.5 Å². The van der Waals surface area contributed by atoms with Crippen LogP contribution >= 0.6 is 0 Å². The Hall–Kier alpha value is -1.35. The van der Waals surface area contributed by atoms with Crippen molar-refractivity contribution in [2.24, 2.45) is 5.41 Å². The van der Waals surface area contributed by atoms with Crippen LogP contribution in [0.1, 0.15) is 13.8 Å². The zero-order chi connectivity index (χ0) is 11.8. The molecule has 1 heterocycles. The van der Waals surface area contributed by atoms with E-state index in [1.807, 2.05) is 42.3 Å². The van der Waals surface area contributed by atoms with Gasteiger partial charge in [-0.15, -0.1) is 0 Å². The van der Waals surface area contributed by atoms with Gasteiger partial charge in [0.15, 0.2) is 0 Å². The lowest BCUT2D eigenvalue weighted by Gasteiger charge is -2.22. The van der Waals surface area contributed by atoms with E-state index in [1.54, 1.807) is 0 Å². The second-order valence-electron chi connectivity index (χ2n) is 4.97. The van der Waals surface area contributed by atoms with Crippen LogP contribution in [-0.2, 0) is 4.79 Å². The molecule has 1 fully saturated rings. The van der Waals surface area contributed by atoms with Crippen LogP contribution < -0.4 is 10.2 Å². The highest BCUT2D eigenvalue weighted by atomic mass is 16.2. The summed E-state index contributed by atoms with van der Waals surface area (Å²) in [4.78, 5) is 14.1. The number of para-hydroxylation sites is 1. The predicted octanol–water partition coefficient (Wildman–Crippen LogP) is 1.65. The summed E-state index contributed by atoms with van der Waals surface area (Å²) in [6.07, 6.45) is 0. The topological polar surface area (TPSA) is 32.3 Å². The van der Waals surface area contributed by atoms with Crippen molar-refractivity contribution in [2.75, 3.05) is 18.5 Å². The number of likely N-dealkylation sites (N-methyl/N-ethyl adjacent to an activating group) is 1. The lowest BCUT2D eigenvalue weighted by molar-refractivity contribution is -0.119. The van der Waals surface area contributed by atoms with E-state index in [-0.39, 0.29) is 17.4 Å². The zero-order valence-electron chi connectivity index (χ0n) is 10.0. The number of carbonyl (C=O) groups excluding carboxylic acids is 1. The second-order valence-corrected chi connectivity index (χ2v) is 4.97. The normalized spacial score (nSPS) is 23.8. The third-order valence-corrected chi connectivity index (χ3v) is 3.22. The fourth-order valence-electron chi connectivity index (χ4n) is 2.41. The Morgan fingerprint density at radius 3 is 2.44 bits per heavy atom. The molecule has 1 aromatic rings. The Kier molecular flexibility index (Phi) is 2.72. The van der Waals surface area contributed by atoms with Crippen molar-refractivity contribution >= 4 is 11.6 Å². The van der Waals surface area contributed by atoms with Gasteiger partial charge in [0.05, 0.1) is 6.04 Å². The summed E-state index contributed by atoms with van der Waals surface area (Å²) < 4.78 is 0. The molecular weight excluding hydrogens is 200 g/mol. The van der Waals surface area contributed by atoms with E-state index >= 15 is 0 Å². The molecule has 0 saturated carbocycles. The molecular formula is C13H18N2O. The van der Waals surface area contributed by atoms with Crippen molar-refractivity contribution in [2.45, 2.75) is 19.9 Å². The smallest absolute Gasteiger partial charge is 0.244 e. The second kappa shape index (κ2) is 3.91. The molecule has 1 amide bonds. The van der Waals surface area contributed by atoms with Crippen molar-refractivity contribution in [3.05, 3.63) is 30.3 Å². The number of nitrogens with one attached hydrogen (secondary N) is 1. The Bertz CT molecular complexity index is 386. The van der Waals surface area contributed by atoms with E-state index in [1.165, 1.54) is 0 Å². The summed E-state index contributed by atoms with van der Waals surface area (Å²) in [7, 11) is 1.85. The number of hydrogen-bond acceptors (Lipinski definition) is 2. The Labute approximate surface area is 96.5 Å². The molecule has 0 unspecified atom stereocenters. The molecule has 0 bridgehead atoms. The van der Waals surface area contributed by atoms with Crippen LogP contribution in [0.3, 0.4) is 0 Å². The number of carbonyl (C=O) groups is 1. The summed E-state index contributed by atoms with van der Waals surface area (Å²) in [6, 6.07) is 9.75. The molecule has 0 spiro atoms. The highest BCUT2D eigenvalue weighted by Gasteiger charge is 2.45. The van der Waals surface area contributed by atoms with Crippen molar-refractivity contribution in [3.8, 4) is 0 Å². The lowest BCUT2D eigenvalue weighted by Crippen LogP contribution is -2.42. The minimum absolute atomic E-state index is 0.0261. The first-order valence-electron chi connectivity index (χ1n) is 5.60. The number of amides is 1. The maximum Gasteiger partial charge on any atom is 0.244 e. The molecule has 16 heavy (non-hydrogen) atoms. The summed E-state index contributed by atoms with van der Waals surface area (Å²) in [5.74, 6) is 0.165. The minimum Gasteiger partial charge on any atom is -0.310 e. The van der Waals surface area contributed by atoms with E-state index in [2.05, 4.69) is 19.2 Å². The highest BCUT2D eigenvalue weighted by Crippen LogP contribution is 2.33. The molecule has 0 radical (unpaired) electrons. The first-order valence-corrected chi connectivity index (χ1v) is 5.60. The van der Waals surface area contributed by atoms with Gasteiger partial charge in [0, 0.05) is 17.6 Å². The summed E-state index contributed by atoms with van der Waals surface area (Å²) >= 11 is 0. The molecule has 1 aliphatic rings. The van der Waals surface area contributed by atoms with Crippen molar-refractivity contribution in [3.63, 3.8) is 0 Å². The van der Waals surface area contributed by atoms with Gasteiger partial charge >= 0.3 is 0 Å². The fourth-order valence-corrected chi connectivity index (χ4v) is 2.41. The molecule has 3 nitrogen and oxygen atoms in total. The van der Waals surface area contributed by atoms with E-state index < -0.39 is 0 Å². The number of anilines is 1. The molecule has 0 aromatic heterocycles. The van der Waals surface area contributed by atoms with E-state index in [9.17, 15) is 4.79 Å². The van der Waals surface area contributed by atoms with E-state index in [0.29, 0.717) is 0 Å². The van der Waals surface area contributed by atoms with Crippen LogP contribution in [0.4, 0.5) is 5.69 Å². The van der Waals surface area contributed by atoms with Gasteiger partial charge in [-0.2, -0.15) is 0 Å². The van der Waals surface area contributed by atoms with Gasteiger partial charge in [0.25, 0.3) is 0 Å². The van der Waals surface area contributed by atoms with Crippen LogP contribution in [0.15, 0.2) is 30.3 Å². The number of rotatable bonds is 2. The predicted molar refractivity (Wildman–Crippen MR) is 65.4 cm³/mol. The highest BCUT2D eigenvalue weighted by molar-refractivity contribution is 6.00. The molecule has 86 valence electrons. The monoisotopic (exact) mass is 218 g/mol. The van der Waals surface area contributed by atoms with E-state index in [4.69, 9.17) is 0 Å². The van der Waals surface area contributed by atoms with Crippen molar-refractivity contribution in [1.82, 2.24) is 5.32 Å². The summed E-state index contributed by atoms with van der Waals surface area (Å²) in [6.45, 7) is 5.01. The van der Waals surface area contributed by atoms with Crippen LogP contribution in [0, 0.1) is 5.41 Å². The maximum atomic E-state index is 12.2. The largest absolute Gasteiger partial charge is 0.310 e. The van der Waals surface area contributed by atoms with Gasteiger partial charge in [-0.3, -0.25) is 4.79 Å². The van der Waals surface area contributed by atoms with Crippen molar-refractivity contribution < 1.29 is 4.79 Å². The molecule has 2 rings (SSSR count). The summed E-state index contributed by atoms with van der Waals surface area (Å²) in [5.41, 5.74) is 0.958. The Morgan fingerprint density at radius 1 is 1.31 bits per heavy atom. The molecule has 1 aliphatic heterocycles. The van der Waals surface area contributed by atoms with Gasteiger partial charge in [0.1, 0.15) is 0 Å². The third-order valence-electron chi connectivity index (χ3n) is 3.22. The van der Waals surface area contributed by atoms with Gasteiger partial charge in [-0.1, -0.05) is 32.0 Å². The Balaban J connectivity index is 2.30. The molecule has 1 N–H and O–H groups in total. The van der Waals surface area contributed by atoms with Crippen molar-refractivity contribution in [1.29, 1.82) is 0 Å². The molecule has 1 atom stereocenters. The number of benzene rings is 1. The first kappa shape index (κ1) is 11.1. The molecule has 3 heteroatoms. The average molecular weight is 218 g/mol. The van der Waals surface area contributed by atoms with Crippen LogP contribution in [0.25, 0.3) is 0 Å². The quantitative estimate of drug-likeness (QED) is 0.818. The van der Waals surface area contributed by atoms with Crippen LogP contribution in [0.2, 0.25) is 0 Å². The van der Waals surface area contributed by atoms with Crippen LogP contribution in [0.5, 0.6) is 0 Å². The lowest BCUT2D eigenvalue weighted by atomic mass is 9.88.